The molecule has 4 nitrogen and oxygen atoms in total. The Bertz CT molecular complexity index is 1760. The number of pyridine rings is 2. The van der Waals surface area contributed by atoms with Gasteiger partial charge in [0.2, 0.25) is 11.2 Å². The molecule has 0 radical (unpaired) electrons. The summed E-state index contributed by atoms with van der Waals surface area (Å²) in [5.41, 5.74) is 10.3. The first kappa shape index (κ1) is 36.3. The van der Waals surface area contributed by atoms with Gasteiger partial charge in [-0.15, -0.1) is 0 Å². The molecule has 0 saturated heterocycles. The van der Waals surface area contributed by atoms with Crippen LogP contribution in [0, 0.1) is 17.8 Å². The van der Waals surface area contributed by atoms with E-state index in [2.05, 4.69) is 143 Å². The van der Waals surface area contributed by atoms with E-state index in [-0.39, 0.29) is 22.9 Å². The SMILES string of the molecule is C=C/C(CCC1c2cc(CCC3CCCC3)cc[n+]2C=C(C2(C)[n+]3ccccc3-c3ccccc3C2(C)C)C1C)=C(/NC(C)C)[C@H](C)C(C)O. The lowest BCUT2D eigenvalue weighted by molar-refractivity contribution is -0.755. The van der Waals surface area contributed by atoms with Crippen molar-refractivity contribution in [3.8, 4) is 11.3 Å². The number of aryl methyl sites for hydroxylation is 1. The summed E-state index contributed by atoms with van der Waals surface area (Å²) in [5.74, 6) is 1.51. The predicted molar refractivity (Wildman–Crippen MR) is 207 cm³/mol. The molecule has 4 heteroatoms. The molecule has 266 valence electrons. The number of fused-ring (bicyclic) bond motifs is 4. The monoisotopic (exact) mass is 673 g/mol. The van der Waals surface area contributed by atoms with Gasteiger partial charge in [-0.25, -0.2) is 0 Å². The van der Waals surface area contributed by atoms with Gasteiger partial charge in [0.05, 0.1) is 28.6 Å². The van der Waals surface area contributed by atoms with Gasteiger partial charge in [-0.05, 0) is 95.1 Å². The number of aromatic nitrogens is 2. The fourth-order valence-corrected chi connectivity index (χ4v) is 9.62. The molecule has 2 N–H and O–H groups in total. The molecule has 1 aromatic carbocycles. The van der Waals surface area contributed by atoms with Crippen molar-refractivity contribution in [2.24, 2.45) is 17.8 Å². The van der Waals surface area contributed by atoms with Crippen LogP contribution in [0.4, 0.5) is 0 Å². The molecule has 2 aromatic heterocycles. The van der Waals surface area contributed by atoms with Crippen LogP contribution < -0.4 is 14.5 Å². The zero-order valence-electron chi connectivity index (χ0n) is 32.2. The van der Waals surface area contributed by atoms with Crippen LogP contribution in [0.1, 0.15) is 123 Å². The summed E-state index contributed by atoms with van der Waals surface area (Å²) >= 11 is 0. The van der Waals surface area contributed by atoms with Crippen molar-refractivity contribution < 1.29 is 14.2 Å². The summed E-state index contributed by atoms with van der Waals surface area (Å²) in [4.78, 5) is 0. The maximum atomic E-state index is 10.7. The number of benzene rings is 1. The molecule has 4 unspecified atom stereocenters. The van der Waals surface area contributed by atoms with Gasteiger partial charge in [0.1, 0.15) is 0 Å². The summed E-state index contributed by atoms with van der Waals surface area (Å²) in [6.45, 7) is 22.5. The van der Waals surface area contributed by atoms with Crippen LogP contribution in [-0.2, 0) is 17.4 Å². The zero-order valence-corrected chi connectivity index (χ0v) is 32.2. The van der Waals surface area contributed by atoms with E-state index in [1.807, 2.05) is 13.0 Å². The first-order valence-corrected chi connectivity index (χ1v) is 19.6. The molecule has 3 aromatic rings. The molecular weight excluding hydrogens is 611 g/mol. The van der Waals surface area contributed by atoms with Gasteiger partial charge < -0.3 is 10.4 Å². The normalized spacial score (nSPS) is 24.4. The van der Waals surface area contributed by atoms with Crippen molar-refractivity contribution in [3.05, 3.63) is 113 Å². The van der Waals surface area contributed by atoms with Crippen molar-refractivity contribution in [2.75, 3.05) is 0 Å². The van der Waals surface area contributed by atoms with Crippen molar-refractivity contribution in [3.63, 3.8) is 0 Å². The summed E-state index contributed by atoms with van der Waals surface area (Å²) in [6, 6.07) is 20.9. The number of allylic oxidation sites excluding steroid dienone is 3. The molecule has 1 fully saturated rings. The molecule has 50 heavy (non-hydrogen) atoms. The highest BCUT2D eigenvalue weighted by molar-refractivity contribution is 5.66. The first-order valence-electron chi connectivity index (χ1n) is 19.6. The van der Waals surface area contributed by atoms with Gasteiger partial charge >= 0.3 is 0 Å². The highest BCUT2D eigenvalue weighted by atomic mass is 16.3. The summed E-state index contributed by atoms with van der Waals surface area (Å²) in [6.07, 6.45) is 18.7. The highest BCUT2D eigenvalue weighted by Crippen LogP contribution is 2.53. The molecule has 6 rings (SSSR count). The fraction of sp³-hybridized carbons (Fsp3) is 0.522. The van der Waals surface area contributed by atoms with Crippen LogP contribution in [0.5, 0.6) is 0 Å². The van der Waals surface area contributed by atoms with Gasteiger partial charge in [-0.3, -0.25) is 0 Å². The Hall–Kier alpha value is -3.50. The van der Waals surface area contributed by atoms with Crippen molar-refractivity contribution >= 4 is 6.20 Å². The van der Waals surface area contributed by atoms with E-state index in [0.717, 1.165) is 30.9 Å². The molecule has 0 amide bonds. The Labute approximate surface area is 303 Å². The van der Waals surface area contributed by atoms with Crippen LogP contribution in [0.25, 0.3) is 17.5 Å². The maximum absolute atomic E-state index is 10.7. The minimum atomic E-state index is -0.443. The molecule has 3 aliphatic rings. The number of rotatable bonds is 12. The molecule has 0 spiro atoms. The van der Waals surface area contributed by atoms with E-state index in [1.165, 1.54) is 71.3 Å². The van der Waals surface area contributed by atoms with E-state index in [1.54, 1.807) is 0 Å². The second-order valence-electron chi connectivity index (χ2n) is 16.7. The van der Waals surface area contributed by atoms with Crippen LogP contribution in [-0.4, -0.2) is 17.3 Å². The number of aliphatic hydroxyl groups excluding tert-OH is 1. The Morgan fingerprint density at radius 2 is 1.70 bits per heavy atom. The number of hydrogen-bond donors (Lipinski definition) is 2. The lowest BCUT2D eigenvalue weighted by Gasteiger charge is -2.47. The Morgan fingerprint density at radius 1 is 0.980 bits per heavy atom. The quantitative estimate of drug-likeness (QED) is 0.149. The second-order valence-corrected chi connectivity index (χ2v) is 16.7. The second kappa shape index (κ2) is 14.6. The fourth-order valence-electron chi connectivity index (χ4n) is 9.62. The minimum Gasteiger partial charge on any atom is -0.393 e. The standard InChI is InChI=1S/C46H63N3O/c1-10-37(44(47-31(2)3)32(4)34(6)50)24-25-38-33(5)41(30-48-28-26-36(29-43(38)48)23-22-35-17-11-12-18-35)46(9)45(7,8)40-20-14-13-19-39(40)42-21-15-16-27-49(42)46/h10,13-16,19-21,26-35,38,47,50H,1,11-12,17-18,22-25H2,2-9H3/q+2/b44-37-/t32-,33?,34?,38?,46?/m1/s1. The Kier molecular flexibility index (Phi) is 10.6. The molecule has 2 aliphatic heterocycles. The van der Waals surface area contributed by atoms with E-state index < -0.39 is 6.10 Å². The molecule has 1 saturated carbocycles. The van der Waals surface area contributed by atoms with Gasteiger partial charge in [-0.2, -0.15) is 9.13 Å². The topological polar surface area (TPSA) is 40.0 Å². The Balaban J connectivity index is 1.46. The van der Waals surface area contributed by atoms with E-state index in [0.29, 0.717) is 11.8 Å². The number of aliphatic hydroxyl groups is 1. The third-order valence-corrected chi connectivity index (χ3v) is 13.1. The molecule has 4 heterocycles. The largest absolute Gasteiger partial charge is 0.393 e. The van der Waals surface area contributed by atoms with Gasteiger partial charge in [-0.1, -0.05) is 70.4 Å². The van der Waals surface area contributed by atoms with Gasteiger partial charge in [0, 0.05) is 54.8 Å². The third-order valence-electron chi connectivity index (χ3n) is 13.1. The van der Waals surface area contributed by atoms with Gasteiger partial charge in [0.15, 0.2) is 24.3 Å². The summed E-state index contributed by atoms with van der Waals surface area (Å²) < 4.78 is 5.04. The van der Waals surface area contributed by atoms with Crippen molar-refractivity contribution in [2.45, 2.75) is 136 Å². The number of hydrogen-bond acceptors (Lipinski definition) is 2. The average Bonchev–Trinajstić information content (AvgIpc) is 3.63. The summed E-state index contributed by atoms with van der Waals surface area (Å²) in [7, 11) is 0. The van der Waals surface area contributed by atoms with Crippen LogP contribution >= 0.6 is 0 Å². The zero-order chi connectivity index (χ0) is 35.8. The summed E-state index contributed by atoms with van der Waals surface area (Å²) in [5, 5.41) is 14.4. The lowest BCUT2D eigenvalue weighted by Crippen LogP contribution is -2.69. The Morgan fingerprint density at radius 3 is 2.40 bits per heavy atom. The molecular formula is C46H63N3O+2. The van der Waals surface area contributed by atoms with Crippen LogP contribution in [0.3, 0.4) is 0 Å². The molecule has 5 atom stereocenters. The predicted octanol–water partition coefficient (Wildman–Crippen LogP) is 9.57. The number of nitrogens with one attached hydrogen (secondary N) is 1. The lowest BCUT2D eigenvalue weighted by atomic mass is 9.58. The van der Waals surface area contributed by atoms with E-state index in [9.17, 15) is 5.11 Å². The minimum absolute atomic E-state index is 0.00315. The highest BCUT2D eigenvalue weighted by Gasteiger charge is 2.61. The van der Waals surface area contributed by atoms with Gasteiger partial charge in [0.25, 0.3) is 0 Å². The number of nitrogens with zero attached hydrogens (tertiary/aromatic N) is 2. The smallest absolute Gasteiger partial charge is 0.213 e. The van der Waals surface area contributed by atoms with Crippen molar-refractivity contribution in [1.82, 2.24) is 5.32 Å². The molecule has 0 bridgehead atoms. The third kappa shape index (κ3) is 6.54. The van der Waals surface area contributed by atoms with Crippen molar-refractivity contribution in [1.29, 1.82) is 0 Å². The van der Waals surface area contributed by atoms with E-state index >= 15 is 0 Å². The molecule has 1 aliphatic carbocycles. The van der Waals surface area contributed by atoms with Crippen LogP contribution in [0.2, 0.25) is 0 Å². The maximum Gasteiger partial charge on any atom is 0.213 e. The average molecular weight is 674 g/mol. The van der Waals surface area contributed by atoms with E-state index in [4.69, 9.17) is 0 Å². The first-order chi connectivity index (χ1) is 23.9. The van der Waals surface area contributed by atoms with Crippen LogP contribution in [0.15, 0.2) is 96.5 Å².